The number of nitrogens with zero attached hydrogens (tertiary/aromatic N) is 4. The number of nitrogens with one attached hydrogen (secondary N) is 2. The highest BCUT2D eigenvalue weighted by molar-refractivity contribution is 6.09. The van der Waals surface area contributed by atoms with Crippen LogP contribution in [-0.2, 0) is 13.6 Å². The van der Waals surface area contributed by atoms with E-state index >= 15 is 0 Å². The molecule has 1 aliphatic heterocycles. The van der Waals surface area contributed by atoms with Crippen molar-refractivity contribution in [2.45, 2.75) is 66.0 Å². The lowest BCUT2D eigenvalue weighted by Gasteiger charge is -2.27. The maximum absolute atomic E-state index is 13.6. The number of carbonyl (C=O) groups is 1. The van der Waals surface area contributed by atoms with E-state index in [2.05, 4.69) is 65.0 Å². The van der Waals surface area contributed by atoms with Gasteiger partial charge in [-0.2, -0.15) is 0 Å². The summed E-state index contributed by atoms with van der Waals surface area (Å²) >= 11 is 0. The number of anilines is 1. The van der Waals surface area contributed by atoms with E-state index in [4.69, 9.17) is 4.98 Å². The number of aromatic nitrogens is 4. The first kappa shape index (κ1) is 25.8. The summed E-state index contributed by atoms with van der Waals surface area (Å²) in [5, 5.41) is 6.71. The summed E-state index contributed by atoms with van der Waals surface area (Å²) in [6, 6.07) is 8.63. The van der Waals surface area contributed by atoms with Gasteiger partial charge in [0.1, 0.15) is 5.82 Å². The second kappa shape index (κ2) is 10.5. The van der Waals surface area contributed by atoms with Crippen molar-refractivity contribution in [3.05, 3.63) is 69.4 Å². The number of rotatable bonds is 7. The molecule has 4 aromatic rings. The summed E-state index contributed by atoms with van der Waals surface area (Å²) < 4.78 is 3.95. The zero-order valence-corrected chi connectivity index (χ0v) is 23.1. The van der Waals surface area contributed by atoms with Crippen molar-refractivity contribution in [2.24, 2.45) is 7.05 Å². The largest absolute Gasteiger partial charge is 0.357 e. The summed E-state index contributed by atoms with van der Waals surface area (Å²) in [7, 11) is 1.79. The first-order chi connectivity index (χ1) is 18.3. The van der Waals surface area contributed by atoms with Crippen LogP contribution in [0.3, 0.4) is 0 Å². The minimum absolute atomic E-state index is 0.170. The number of pyridine rings is 1. The molecular weight excluding hydrogens is 476 g/mol. The molecule has 3 aromatic heterocycles. The van der Waals surface area contributed by atoms with E-state index in [9.17, 15) is 9.59 Å². The van der Waals surface area contributed by atoms with Gasteiger partial charge in [-0.15, -0.1) is 0 Å². The lowest BCUT2D eigenvalue weighted by atomic mass is 9.98. The quantitative estimate of drug-likeness (QED) is 0.353. The van der Waals surface area contributed by atoms with Gasteiger partial charge in [-0.05, 0) is 81.8 Å². The summed E-state index contributed by atoms with van der Waals surface area (Å²) in [5.74, 6) is 0.817. The number of benzene rings is 1. The minimum atomic E-state index is -0.192. The Hall–Kier alpha value is -3.81. The predicted molar refractivity (Wildman–Crippen MR) is 153 cm³/mol. The molecule has 8 nitrogen and oxygen atoms in total. The summed E-state index contributed by atoms with van der Waals surface area (Å²) in [5.41, 5.74) is 5.85. The van der Waals surface area contributed by atoms with Gasteiger partial charge in [0.15, 0.2) is 0 Å². The Balaban J connectivity index is 1.54. The average molecular weight is 515 g/mol. The highest BCUT2D eigenvalue weighted by Crippen LogP contribution is 2.34. The van der Waals surface area contributed by atoms with Crippen molar-refractivity contribution >= 4 is 22.6 Å². The Bertz CT molecular complexity index is 1520. The zero-order chi connectivity index (χ0) is 27.0. The lowest BCUT2D eigenvalue weighted by Crippen LogP contribution is -2.29. The number of H-pyrrole nitrogens is 1. The number of aromatic amines is 1. The fraction of sp³-hybridized carbons (Fsp3) is 0.433. The second-order valence-corrected chi connectivity index (χ2v) is 10.6. The smallest absolute Gasteiger partial charge is 0.269 e. The third-order valence-electron chi connectivity index (χ3n) is 8.10. The van der Waals surface area contributed by atoms with E-state index in [-0.39, 0.29) is 18.0 Å². The van der Waals surface area contributed by atoms with E-state index in [1.54, 1.807) is 11.7 Å². The number of piperidine rings is 1. The Kier molecular flexibility index (Phi) is 7.15. The van der Waals surface area contributed by atoms with Crippen LogP contribution < -0.4 is 15.8 Å². The Morgan fingerprint density at radius 3 is 2.53 bits per heavy atom. The van der Waals surface area contributed by atoms with Gasteiger partial charge in [-0.3, -0.25) is 19.4 Å². The van der Waals surface area contributed by atoms with Crippen LogP contribution in [0.4, 0.5) is 5.82 Å². The van der Waals surface area contributed by atoms with Crippen molar-refractivity contribution in [2.75, 3.05) is 18.0 Å². The molecule has 200 valence electrons. The molecule has 8 heteroatoms. The molecule has 4 heterocycles. The van der Waals surface area contributed by atoms with E-state index in [1.165, 1.54) is 19.3 Å². The molecule has 1 aromatic carbocycles. The van der Waals surface area contributed by atoms with Crippen LogP contribution in [0.2, 0.25) is 0 Å². The molecule has 2 N–H and O–H groups in total. The highest BCUT2D eigenvalue weighted by Gasteiger charge is 2.21. The lowest BCUT2D eigenvalue weighted by molar-refractivity contribution is 0.0952. The Morgan fingerprint density at radius 2 is 1.89 bits per heavy atom. The Morgan fingerprint density at radius 1 is 1.13 bits per heavy atom. The van der Waals surface area contributed by atoms with Crippen molar-refractivity contribution in [1.82, 2.24) is 24.6 Å². The standard InChI is InChI=1S/C30H38N6O2/c1-6-20(3)36-18-19(2)28-24(29(37)32-17-25-21(4)34(5)33-30(25)38)14-23(15-26(28)36)22-10-11-27(31-16-22)35-12-8-7-9-13-35/h10-11,14-16,18,20H,6-9,12-13,17H2,1-5H3,(H,32,37)(H,33,38). The van der Waals surface area contributed by atoms with Gasteiger partial charge in [0.05, 0.1) is 12.1 Å². The van der Waals surface area contributed by atoms with Crippen LogP contribution in [0.15, 0.2) is 41.5 Å². The molecule has 1 atom stereocenters. The van der Waals surface area contributed by atoms with Crippen LogP contribution >= 0.6 is 0 Å². The van der Waals surface area contributed by atoms with E-state index < -0.39 is 0 Å². The number of aryl methyl sites for hydroxylation is 2. The van der Waals surface area contributed by atoms with Crippen molar-refractivity contribution in [1.29, 1.82) is 0 Å². The van der Waals surface area contributed by atoms with Crippen molar-refractivity contribution in [3.63, 3.8) is 0 Å². The van der Waals surface area contributed by atoms with Gasteiger partial charge in [-0.1, -0.05) is 6.92 Å². The monoisotopic (exact) mass is 514 g/mol. The van der Waals surface area contributed by atoms with Crippen LogP contribution in [0, 0.1) is 13.8 Å². The molecular formula is C30H38N6O2. The molecule has 1 saturated heterocycles. The van der Waals surface area contributed by atoms with Gasteiger partial charge >= 0.3 is 0 Å². The normalized spacial score (nSPS) is 14.7. The maximum Gasteiger partial charge on any atom is 0.269 e. The molecule has 1 aliphatic rings. The molecule has 0 bridgehead atoms. The third kappa shape index (κ3) is 4.75. The van der Waals surface area contributed by atoms with Crippen LogP contribution in [-0.4, -0.2) is 38.3 Å². The van der Waals surface area contributed by atoms with Crippen LogP contribution in [0.1, 0.15) is 72.8 Å². The molecule has 38 heavy (non-hydrogen) atoms. The second-order valence-electron chi connectivity index (χ2n) is 10.6. The maximum atomic E-state index is 13.6. The number of hydrogen-bond donors (Lipinski definition) is 2. The summed E-state index contributed by atoms with van der Waals surface area (Å²) in [4.78, 5) is 33.1. The molecule has 0 radical (unpaired) electrons. The molecule has 0 spiro atoms. The van der Waals surface area contributed by atoms with Gasteiger partial charge in [0.25, 0.3) is 11.5 Å². The van der Waals surface area contributed by atoms with Crippen molar-refractivity contribution < 1.29 is 4.79 Å². The van der Waals surface area contributed by atoms with Crippen molar-refractivity contribution in [3.8, 4) is 11.1 Å². The molecule has 0 saturated carbocycles. The first-order valence-electron chi connectivity index (χ1n) is 13.7. The molecule has 5 rings (SSSR count). The fourth-order valence-corrected chi connectivity index (χ4v) is 5.50. The number of amides is 1. The predicted octanol–water partition coefficient (Wildman–Crippen LogP) is 5.24. The van der Waals surface area contributed by atoms with Gasteiger partial charge < -0.3 is 14.8 Å². The highest BCUT2D eigenvalue weighted by atomic mass is 16.2. The molecule has 0 aliphatic carbocycles. The van der Waals surface area contributed by atoms with E-state index in [0.29, 0.717) is 17.2 Å². The first-order valence-corrected chi connectivity index (χ1v) is 13.7. The number of carbonyl (C=O) groups excluding carboxylic acids is 1. The minimum Gasteiger partial charge on any atom is -0.357 e. The number of hydrogen-bond acceptors (Lipinski definition) is 4. The molecule has 1 unspecified atom stereocenters. The summed E-state index contributed by atoms with van der Waals surface area (Å²) in [6.07, 6.45) is 8.74. The zero-order valence-electron chi connectivity index (χ0n) is 23.1. The van der Waals surface area contributed by atoms with Crippen LogP contribution in [0.25, 0.3) is 22.0 Å². The fourth-order valence-electron chi connectivity index (χ4n) is 5.50. The average Bonchev–Trinajstić information content (AvgIpc) is 3.40. The van der Waals surface area contributed by atoms with E-state index in [0.717, 1.165) is 58.6 Å². The topological polar surface area (TPSA) is 87.9 Å². The number of fused-ring (bicyclic) bond motifs is 1. The van der Waals surface area contributed by atoms with Gasteiger partial charge in [-0.25, -0.2) is 4.98 Å². The Labute approximate surface area is 223 Å². The van der Waals surface area contributed by atoms with Crippen LogP contribution in [0.5, 0.6) is 0 Å². The van der Waals surface area contributed by atoms with Gasteiger partial charge in [0, 0.05) is 66.3 Å². The molecule has 1 fully saturated rings. The SMILES string of the molecule is CCC(C)n1cc(C)c2c(C(=O)NCc3c(C)n(C)[nH]c3=O)cc(-c3ccc(N4CCCCC4)nc3)cc21. The van der Waals surface area contributed by atoms with Gasteiger partial charge in [0.2, 0.25) is 0 Å². The third-order valence-corrected chi connectivity index (χ3v) is 8.10. The van der Waals surface area contributed by atoms with E-state index in [1.807, 2.05) is 19.2 Å². The summed E-state index contributed by atoms with van der Waals surface area (Å²) in [6.45, 7) is 10.6. The molecule has 1 amide bonds.